The van der Waals surface area contributed by atoms with Gasteiger partial charge in [0.25, 0.3) is 0 Å². The largest absolute Gasteiger partial charge is 0.496 e. The van der Waals surface area contributed by atoms with Crippen molar-refractivity contribution in [2.75, 3.05) is 7.11 Å². The van der Waals surface area contributed by atoms with Gasteiger partial charge in [0.1, 0.15) is 5.75 Å². The van der Waals surface area contributed by atoms with Crippen molar-refractivity contribution in [3.05, 3.63) is 29.8 Å². The molecule has 1 aromatic carbocycles. The molecule has 4 nitrogen and oxygen atoms in total. The predicted molar refractivity (Wildman–Crippen MR) is 56.9 cm³/mol. The van der Waals surface area contributed by atoms with Gasteiger partial charge in [0, 0.05) is 6.04 Å². The van der Waals surface area contributed by atoms with Gasteiger partial charge in [-0.2, -0.15) is 0 Å². The molecule has 82 valence electrons. The third kappa shape index (κ3) is 3.59. The Morgan fingerprint density at radius 1 is 1.53 bits per heavy atom. The number of carboxylic acid groups (broad SMARTS) is 1. The van der Waals surface area contributed by atoms with Gasteiger partial charge < -0.3 is 15.6 Å². The molecular weight excluding hydrogens is 194 g/mol. The lowest BCUT2D eigenvalue weighted by atomic mass is 10.0. The average Bonchev–Trinajstić information content (AvgIpc) is 2.17. The number of ether oxygens (including phenoxy) is 1. The van der Waals surface area contributed by atoms with Crippen molar-refractivity contribution in [2.24, 2.45) is 5.73 Å². The first-order valence-electron chi connectivity index (χ1n) is 4.72. The van der Waals surface area contributed by atoms with E-state index in [9.17, 15) is 4.79 Å². The van der Waals surface area contributed by atoms with Crippen molar-refractivity contribution in [1.29, 1.82) is 0 Å². The monoisotopic (exact) mass is 209 g/mol. The van der Waals surface area contributed by atoms with Crippen molar-refractivity contribution < 1.29 is 14.6 Å². The second-order valence-corrected chi connectivity index (χ2v) is 3.37. The van der Waals surface area contributed by atoms with Crippen LogP contribution in [0.25, 0.3) is 0 Å². The number of carbonyl (C=O) groups is 1. The number of carboxylic acids is 1. The summed E-state index contributed by atoms with van der Waals surface area (Å²) in [6.45, 7) is 0. The summed E-state index contributed by atoms with van der Waals surface area (Å²) < 4.78 is 5.15. The van der Waals surface area contributed by atoms with Crippen molar-refractivity contribution in [3.8, 4) is 5.75 Å². The van der Waals surface area contributed by atoms with E-state index in [-0.39, 0.29) is 12.5 Å². The Labute approximate surface area is 88.7 Å². The molecule has 0 radical (unpaired) electrons. The van der Waals surface area contributed by atoms with E-state index in [2.05, 4.69) is 0 Å². The second kappa shape index (κ2) is 5.36. The molecule has 1 atom stereocenters. The Kier molecular flexibility index (Phi) is 4.12. The van der Waals surface area contributed by atoms with E-state index in [1.807, 2.05) is 24.3 Å². The smallest absolute Gasteiger partial charge is 0.304 e. The van der Waals surface area contributed by atoms with Gasteiger partial charge in [0.05, 0.1) is 13.5 Å². The number of hydrogen-bond acceptors (Lipinski definition) is 3. The second-order valence-electron chi connectivity index (χ2n) is 3.37. The van der Waals surface area contributed by atoms with Crippen LogP contribution in [-0.4, -0.2) is 24.2 Å². The summed E-state index contributed by atoms with van der Waals surface area (Å²) in [5, 5.41) is 8.58. The highest BCUT2D eigenvalue weighted by molar-refractivity contribution is 5.67. The zero-order valence-corrected chi connectivity index (χ0v) is 8.64. The summed E-state index contributed by atoms with van der Waals surface area (Å²) >= 11 is 0. The molecule has 3 N–H and O–H groups in total. The van der Waals surface area contributed by atoms with Crippen LogP contribution in [0, 0.1) is 0 Å². The molecule has 0 spiro atoms. The molecule has 0 aliphatic carbocycles. The van der Waals surface area contributed by atoms with Crippen LogP contribution in [0.4, 0.5) is 0 Å². The summed E-state index contributed by atoms with van der Waals surface area (Å²) in [7, 11) is 1.58. The summed E-state index contributed by atoms with van der Waals surface area (Å²) in [4.78, 5) is 10.4. The van der Waals surface area contributed by atoms with Crippen molar-refractivity contribution in [2.45, 2.75) is 18.9 Å². The first-order valence-corrected chi connectivity index (χ1v) is 4.72. The fraction of sp³-hybridized carbons (Fsp3) is 0.364. The molecule has 0 heterocycles. The van der Waals surface area contributed by atoms with E-state index in [0.717, 1.165) is 11.3 Å². The quantitative estimate of drug-likeness (QED) is 0.760. The fourth-order valence-corrected chi connectivity index (χ4v) is 1.45. The van der Waals surface area contributed by atoms with Gasteiger partial charge in [-0.05, 0) is 18.1 Å². The van der Waals surface area contributed by atoms with Crippen LogP contribution in [0.3, 0.4) is 0 Å². The molecule has 0 saturated carbocycles. The van der Waals surface area contributed by atoms with Gasteiger partial charge in [-0.15, -0.1) is 0 Å². The number of methoxy groups -OCH3 is 1. The Hall–Kier alpha value is -1.55. The Bertz CT molecular complexity index is 338. The molecule has 0 aliphatic heterocycles. The Balaban J connectivity index is 2.67. The van der Waals surface area contributed by atoms with Gasteiger partial charge in [0.15, 0.2) is 0 Å². The lowest BCUT2D eigenvalue weighted by molar-refractivity contribution is -0.137. The average molecular weight is 209 g/mol. The van der Waals surface area contributed by atoms with Crippen LogP contribution in [0.1, 0.15) is 12.0 Å². The zero-order chi connectivity index (χ0) is 11.3. The predicted octanol–water partition coefficient (Wildman–Crippen LogP) is 1.04. The molecule has 0 aromatic heterocycles. The maximum atomic E-state index is 10.4. The van der Waals surface area contributed by atoms with Crippen LogP contribution in [0.5, 0.6) is 5.75 Å². The van der Waals surface area contributed by atoms with Gasteiger partial charge >= 0.3 is 5.97 Å². The number of aliphatic carboxylic acids is 1. The summed E-state index contributed by atoms with van der Waals surface area (Å²) in [6.07, 6.45) is 0.481. The number of rotatable bonds is 5. The van der Waals surface area contributed by atoms with E-state index in [0.29, 0.717) is 6.42 Å². The van der Waals surface area contributed by atoms with Crippen LogP contribution >= 0.6 is 0 Å². The van der Waals surface area contributed by atoms with Crippen LogP contribution in [-0.2, 0) is 11.2 Å². The highest BCUT2D eigenvalue weighted by atomic mass is 16.5. The molecule has 1 aromatic rings. The van der Waals surface area contributed by atoms with E-state index in [1.165, 1.54) is 0 Å². The van der Waals surface area contributed by atoms with Crippen LogP contribution in [0.2, 0.25) is 0 Å². The molecule has 0 bridgehead atoms. The first-order chi connectivity index (χ1) is 7.13. The maximum absolute atomic E-state index is 10.4. The highest BCUT2D eigenvalue weighted by Crippen LogP contribution is 2.18. The lowest BCUT2D eigenvalue weighted by Crippen LogP contribution is -2.26. The fourth-order valence-electron chi connectivity index (χ4n) is 1.45. The van der Waals surface area contributed by atoms with Gasteiger partial charge in [-0.1, -0.05) is 18.2 Å². The first kappa shape index (κ1) is 11.5. The minimum atomic E-state index is -0.877. The maximum Gasteiger partial charge on any atom is 0.304 e. The lowest BCUT2D eigenvalue weighted by Gasteiger charge is -2.12. The molecule has 0 unspecified atom stereocenters. The zero-order valence-electron chi connectivity index (χ0n) is 8.64. The molecule has 0 fully saturated rings. The summed E-state index contributed by atoms with van der Waals surface area (Å²) in [6, 6.07) is 7.10. The van der Waals surface area contributed by atoms with Crippen molar-refractivity contribution in [3.63, 3.8) is 0 Å². The number of nitrogens with two attached hydrogens (primary N) is 1. The van der Waals surface area contributed by atoms with E-state index >= 15 is 0 Å². The highest BCUT2D eigenvalue weighted by Gasteiger charge is 2.11. The minimum absolute atomic E-state index is 0.0297. The van der Waals surface area contributed by atoms with Gasteiger partial charge in [-0.3, -0.25) is 4.79 Å². The SMILES string of the molecule is COc1ccccc1C[C@H](N)CC(=O)O. The molecule has 0 amide bonds. The van der Waals surface area contributed by atoms with E-state index in [4.69, 9.17) is 15.6 Å². The van der Waals surface area contributed by atoms with Crippen LogP contribution < -0.4 is 10.5 Å². The molecule has 15 heavy (non-hydrogen) atoms. The molecular formula is C11H15NO3. The van der Waals surface area contributed by atoms with Gasteiger partial charge in [0.2, 0.25) is 0 Å². The Morgan fingerprint density at radius 3 is 2.80 bits per heavy atom. The summed E-state index contributed by atoms with van der Waals surface area (Å²) in [5.74, 6) is -0.129. The normalized spacial score (nSPS) is 12.1. The third-order valence-corrected chi connectivity index (χ3v) is 2.11. The van der Waals surface area contributed by atoms with E-state index in [1.54, 1.807) is 7.11 Å². The molecule has 4 heteroatoms. The van der Waals surface area contributed by atoms with Crippen molar-refractivity contribution >= 4 is 5.97 Å². The molecule has 1 rings (SSSR count). The van der Waals surface area contributed by atoms with E-state index < -0.39 is 5.97 Å². The molecule has 0 saturated heterocycles. The standard InChI is InChI=1S/C11H15NO3/c1-15-10-5-3-2-4-8(10)6-9(12)7-11(13)14/h2-5,9H,6-7,12H2,1H3,(H,13,14)/t9-/m0/s1. The van der Waals surface area contributed by atoms with Gasteiger partial charge in [-0.25, -0.2) is 0 Å². The van der Waals surface area contributed by atoms with Crippen molar-refractivity contribution in [1.82, 2.24) is 0 Å². The minimum Gasteiger partial charge on any atom is -0.496 e. The number of para-hydroxylation sites is 1. The summed E-state index contributed by atoms with van der Waals surface area (Å²) in [5.41, 5.74) is 6.63. The number of hydrogen-bond donors (Lipinski definition) is 2. The molecule has 0 aliphatic rings. The topological polar surface area (TPSA) is 72.5 Å². The Morgan fingerprint density at radius 2 is 2.20 bits per heavy atom. The van der Waals surface area contributed by atoms with Crippen LogP contribution in [0.15, 0.2) is 24.3 Å². The number of benzene rings is 1. The third-order valence-electron chi connectivity index (χ3n) is 2.11.